The Kier molecular flexibility index (Phi) is 4.72. The molecule has 0 atom stereocenters. The predicted octanol–water partition coefficient (Wildman–Crippen LogP) is 5.55. The first-order valence-electron chi connectivity index (χ1n) is 9.76. The van der Waals surface area contributed by atoms with Crippen molar-refractivity contribution in [2.24, 2.45) is 0 Å². The first kappa shape index (κ1) is 19.0. The molecule has 0 aliphatic carbocycles. The summed E-state index contributed by atoms with van der Waals surface area (Å²) in [6.07, 6.45) is 1.65. The average molecular weight is 426 g/mol. The molecule has 3 aromatic carbocycles. The van der Waals surface area contributed by atoms with Gasteiger partial charge in [-0.2, -0.15) is 0 Å². The van der Waals surface area contributed by atoms with E-state index in [1.54, 1.807) is 6.33 Å². The Morgan fingerprint density at radius 1 is 1.06 bits per heavy atom. The Hall–Kier alpha value is -3.97. The van der Waals surface area contributed by atoms with Crippen LogP contribution in [-0.2, 0) is 0 Å². The molecule has 0 saturated heterocycles. The third-order valence-electron chi connectivity index (χ3n) is 5.12. The molecule has 0 saturated carbocycles. The van der Waals surface area contributed by atoms with Crippen LogP contribution in [0.5, 0.6) is 0 Å². The van der Waals surface area contributed by atoms with Crippen LogP contribution in [0.15, 0.2) is 73.1 Å². The van der Waals surface area contributed by atoms with Crippen molar-refractivity contribution in [3.8, 4) is 11.1 Å². The maximum Gasteiger partial charge on any atom is 0.207 e. The second-order valence-electron chi connectivity index (χ2n) is 7.19. The van der Waals surface area contributed by atoms with Crippen LogP contribution in [0.2, 0.25) is 0 Å². The number of nitrogens with two attached hydrogens (primary N) is 1. The highest BCUT2D eigenvalue weighted by Gasteiger charge is 2.23. The fourth-order valence-electron chi connectivity index (χ4n) is 3.63. The molecule has 0 aliphatic heterocycles. The number of nitrogen functional groups attached to an aromatic ring is 1. The molecule has 4 N–H and O–H groups in total. The standard InChI is InChI=1S/C24H19N5OS/c1-14-6-5-9-17(15-7-3-2-4-8-15)20(14)21(30)22-23(25)29-24(31-22)28-16-10-11-18-19(12-16)27-13-26-18/h2-13H,25H2,1H3,(H,26,27)(H,28,29). The third-order valence-corrected chi connectivity index (χ3v) is 6.10. The molecule has 31 heavy (non-hydrogen) atoms. The number of aryl methyl sites for hydroxylation is 1. The van der Waals surface area contributed by atoms with Gasteiger partial charge in [0.1, 0.15) is 10.7 Å². The van der Waals surface area contributed by atoms with Gasteiger partial charge < -0.3 is 16.0 Å². The van der Waals surface area contributed by atoms with Crippen molar-refractivity contribution >= 4 is 44.8 Å². The van der Waals surface area contributed by atoms with E-state index in [0.717, 1.165) is 33.4 Å². The van der Waals surface area contributed by atoms with E-state index < -0.39 is 0 Å². The van der Waals surface area contributed by atoms with E-state index in [0.29, 0.717) is 15.6 Å². The minimum Gasteiger partial charge on any atom is -0.382 e. The zero-order valence-corrected chi connectivity index (χ0v) is 17.5. The van der Waals surface area contributed by atoms with Crippen molar-refractivity contribution in [2.45, 2.75) is 6.92 Å². The highest BCUT2D eigenvalue weighted by Crippen LogP contribution is 2.34. The highest BCUT2D eigenvalue weighted by atomic mass is 32.1. The van der Waals surface area contributed by atoms with Gasteiger partial charge in [0.25, 0.3) is 0 Å². The molecule has 152 valence electrons. The number of rotatable bonds is 5. The quantitative estimate of drug-likeness (QED) is 0.321. The molecule has 0 bridgehead atoms. The van der Waals surface area contributed by atoms with Crippen molar-refractivity contribution in [1.29, 1.82) is 0 Å². The summed E-state index contributed by atoms with van der Waals surface area (Å²) < 4.78 is 0. The molecule has 7 heteroatoms. The van der Waals surface area contributed by atoms with Gasteiger partial charge >= 0.3 is 0 Å². The Morgan fingerprint density at radius 2 is 1.90 bits per heavy atom. The van der Waals surface area contributed by atoms with E-state index in [-0.39, 0.29) is 11.6 Å². The van der Waals surface area contributed by atoms with Crippen molar-refractivity contribution in [3.63, 3.8) is 0 Å². The molecule has 0 radical (unpaired) electrons. The normalized spacial score (nSPS) is 11.0. The molecule has 2 aromatic heterocycles. The summed E-state index contributed by atoms with van der Waals surface area (Å²) in [5.74, 6) is 0.103. The second kappa shape index (κ2) is 7.70. The van der Waals surface area contributed by atoms with Crippen molar-refractivity contribution in [3.05, 3.63) is 89.1 Å². The lowest BCUT2D eigenvalue weighted by atomic mass is 9.93. The molecule has 0 aliphatic rings. The molecule has 6 nitrogen and oxygen atoms in total. The van der Waals surface area contributed by atoms with Gasteiger partial charge in [0, 0.05) is 11.3 Å². The number of thiazole rings is 1. The number of fused-ring (bicyclic) bond motifs is 1. The number of imidazole rings is 1. The van der Waals surface area contributed by atoms with Crippen LogP contribution in [0.1, 0.15) is 20.8 Å². The second-order valence-corrected chi connectivity index (χ2v) is 8.18. The predicted molar refractivity (Wildman–Crippen MR) is 126 cm³/mol. The summed E-state index contributed by atoms with van der Waals surface area (Å²) in [7, 11) is 0. The lowest BCUT2D eigenvalue weighted by Gasteiger charge is -2.11. The zero-order chi connectivity index (χ0) is 21.4. The van der Waals surface area contributed by atoms with Gasteiger partial charge in [-0.15, -0.1) is 0 Å². The van der Waals surface area contributed by atoms with E-state index >= 15 is 0 Å². The number of aromatic nitrogens is 3. The van der Waals surface area contributed by atoms with E-state index in [1.807, 2.05) is 73.7 Å². The van der Waals surface area contributed by atoms with Crippen LogP contribution in [0, 0.1) is 6.92 Å². The SMILES string of the molecule is Cc1cccc(-c2ccccc2)c1C(=O)c1sc(Nc2ccc3nc[nH]c3c2)nc1N. The smallest absolute Gasteiger partial charge is 0.207 e. The molecule has 5 aromatic rings. The number of nitrogens with zero attached hydrogens (tertiary/aromatic N) is 2. The fraction of sp³-hybridized carbons (Fsp3) is 0.0417. The minimum absolute atomic E-state index is 0.121. The topological polar surface area (TPSA) is 96.7 Å². The molecular weight excluding hydrogens is 406 g/mol. The molecule has 0 spiro atoms. The number of carbonyl (C=O) groups is 1. The van der Waals surface area contributed by atoms with Crippen molar-refractivity contribution in [1.82, 2.24) is 15.0 Å². The van der Waals surface area contributed by atoms with Gasteiger partial charge in [-0.3, -0.25) is 4.79 Å². The average Bonchev–Trinajstić information content (AvgIpc) is 3.39. The number of benzene rings is 3. The number of H-pyrrole nitrogens is 1. The Bertz CT molecular complexity index is 1400. The number of nitrogens with one attached hydrogen (secondary N) is 2. The number of aromatic amines is 1. The van der Waals surface area contributed by atoms with Gasteiger partial charge in [-0.1, -0.05) is 59.9 Å². The van der Waals surface area contributed by atoms with Gasteiger partial charge in [0.2, 0.25) is 5.78 Å². The summed E-state index contributed by atoms with van der Waals surface area (Å²) in [6.45, 7) is 1.94. The highest BCUT2D eigenvalue weighted by molar-refractivity contribution is 7.18. The van der Waals surface area contributed by atoms with Crippen LogP contribution in [0.4, 0.5) is 16.6 Å². The number of hydrogen-bond acceptors (Lipinski definition) is 6. The summed E-state index contributed by atoms with van der Waals surface area (Å²) in [6, 6.07) is 21.5. The van der Waals surface area contributed by atoms with Crippen LogP contribution >= 0.6 is 11.3 Å². The van der Waals surface area contributed by atoms with E-state index in [9.17, 15) is 4.79 Å². The van der Waals surface area contributed by atoms with Crippen LogP contribution < -0.4 is 11.1 Å². The first-order valence-corrected chi connectivity index (χ1v) is 10.6. The van der Waals surface area contributed by atoms with E-state index in [4.69, 9.17) is 5.73 Å². The van der Waals surface area contributed by atoms with Gasteiger partial charge in [0.05, 0.1) is 17.4 Å². The Morgan fingerprint density at radius 3 is 2.74 bits per heavy atom. The van der Waals surface area contributed by atoms with Crippen LogP contribution in [0.3, 0.4) is 0 Å². The van der Waals surface area contributed by atoms with E-state index in [1.165, 1.54) is 11.3 Å². The molecule has 0 amide bonds. The fourth-order valence-corrected chi connectivity index (χ4v) is 4.48. The zero-order valence-electron chi connectivity index (χ0n) is 16.7. The molecule has 0 unspecified atom stereocenters. The largest absolute Gasteiger partial charge is 0.382 e. The molecular formula is C24H19N5OS. The third kappa shape index (κ3) is 3.55. The molecule has 0 fully saturated rings. The van der Waals surface area contributed by atoms with Gasteiger partial charge in [0.15, 0.2) is 5.13 Å². The van der Waals surface area contributed by atoms with E-state index in [2.05, 4.69) is 20.3 Å². The summed E-state index contributed by atoms with van der Waals surface area (Å²) in [5, 5.41) is 3.81. The summed E-state index contributed by atoms with van der Waals surface area (Å²) in [4.78, 5) is 25.7. The number of hydrogen-bond donors (Lipinski definition) is 3. The molecule has 5 rings (SSSR count). The monoisotopic (exact) mass is 425 g/mol. The Balaban J connectivity index is 1.50. The number of ketones is 1. The lowest BCUT2D eigenvalue weighted by Crippen LogP contribution is -2.07. The van der Waals surface area contributed by atoms with Gasteiger partial charge in [-0.25, -0.2) is 9.97 Å². The van der Waals surface area contributed by atoms with Crippen molar-refractivity contribution in [2.75, 3.05) is 11.1 Å². The molecule has 2 heterocycles. The number of anilines is 3. The summed E-state index contributed by atoms with van der Waals surface area (Å²) in [5.41, 5.74) is 12.2. The Labute approximate surface area is 182 Å². The number of carbonyl (C=O) groups excluding carboxylic acids is 1. The van der Waals surface area contributed by atoms with Crippen LogP contribution in [0.25, 0.3) is 22.2 Å². The van der Waals surface area contributed by atoms with Crippen molar-refractivity contribution < 1.29 is 4.79 Å². The maximum atomic E-state index is 13.5. The minimum atomic E-state index is -0.121. The first-order chi connectivity index (χ1) is 15.1. The maximum absolute atomic E-state index is 13.5. The lowest BCUT2D eigenvalue weighted by molar-refractivity contribution is 0.104. The van der Waals surface area contributed by atoms with Crippen LogP contribution in [-0.4, -0.2) is 20.7 Å². The summed E-state index contributed by atoms with van der Waals surface area (Å²) >= 11 is 1.25. The van der Waals surface area contributed by atoms with Gasteiger partial charge in [-0.05, 0) is 41.8 Å².